The first-order valence-corrected chi connectivity index (χ1v) is 8.00. The van der Waals surface area contributed by atoms with Gasteiger partial charge in [-0.1, -0.05) is 36.4 Å². The predicted octanol–water partition coefficient (Wildman–Crippen LogP) is 4.16. The monoisotopic (exact) mass is 352 g/mol. The minimum absolute atomic E-state index is 0.0296. The third kappa shape index (κ3) is 2.98. The first kappa shape index (κ1) is 14.1. The minimum atomic E-state index is -0.0862. The van der Waals surface area contributed by atoms with Gasteiger partial charge in [0.05, 0.1) is 12.2 Å². The molecule has 2 aliphatic rings. The molecular formula is C14H25IO2. The Kier molecular flexibility index (Phi) is 4.11. The molecule has 1 aliphatic carbocycles. The van der Waals surface area contributed by atoms with Gasteiger partial charge < -0.3 is 9.47 Å². The van der Waals surface area contributed by atoms with Crippen molar-refractivity contribution in [1.82, 2.24) is 0 Å². The first-order valence-electron chi connectivity index (χ1n) is 6.75. The lowest BCUT2D eigenvalue weighted by Crippen LogP contribution is -2.54. The standard InChI is InChI=1S/C14H25IO2/c1-13(2)9-16-12(17-14(13,3)4)10-5-7-11(15)8-6-10/h10-12H,5-9H2,1-4H3. The van der Waals surface area contributed by atoms with Crippen LogP contribution in [0.4, 0.5) is 0 Å². The fraction of sp³-hybridized carbons (Fsp3) is 1.00. The maximum atomic E-state index is 6.24. The normalized spacial score (nSPS) is 41.1. The van der Waals surface area contributed by atoms with E-state index < -0.39 is 0 Å². The van der Waals surface area contributed by atoms with Gasteiger partial charge in [-0.05, 0) is 39.5 Å². The highest BCUT2D eigenvalue weighted by atomic mass is 127. The zero-order chi connectivity index (χ0) is 12.7. The summed E-state index contributed by atoms with van der Waals surface area (Å²) >= 11 is 2.57. The lowest BCUT2D eigenvalue weighted by Gasteiger charge is -2.50. The molecule has 0 aromatic rings. The van der Waals surface area contributed by atoms with Gasteiger partial charge in [0.2, 0.25) is 0 Å². The van der Waals surface area contributed by atoms with Crippen LogP contribution in [-0.4, -0.2) is 22.4 Å². The number of halogens is 1. The summed E-state index contributed by atoms with van der Waals surface area (Å²) in [5.41, 5.74) is 0.0149. The van der Waals surface area contributed by atoms with E-state index in [1.54, 1.807) is 0 Å². The average Bonchev–Trinajstić information content (AvgIpc) is 2.23. The molecule has 17 heavy (non-hydrogen) atoms. The molecular weight excluding hydrogens is 327 g/mol. The van der Waals surface area contributed by atoms with E-state index >= 15 is 0 Å². The molecule has 2 fully saturated rings. The van der Waals surface area contributed by atoms with Crippen molar-refractivity contribution in [3.05, 3.63) is 0 Å². The van der Waals surface area contributed by atoms with Crippen LogP contribution in [-0.2, 0) is 9.47 Å². The molecule has 3 heteroatoms. The van der Waals surface area contributed by atoms with Gasteiger partial charge in [0.1, 0.15) is 0 Å². The molecule has 100 valence electrons. The lowest BCUT2D eigenvalue weighted by molar-refractivity contribution is -0.313. The van der Waals surface area contributed by atoms with Crippen molar-refractivity contribution in [2.45, 2.75) is 69.2 Å². The van der Waals surface area contributed by atoms with Crippen LogP contribution < -0.4 is 0 Å². The second-order valence-corrected chi connectivity index (χ2v) is 8.47. The summed E-state index contributed by atoms with van der Waals surface area (Å²) in [7, 11) is 0. The fourth-order valence-corrected chi connectivity index (χ4v) is 3.25. The van der Waals surface area contributed by atoms with Crippen LogP contribution in [0.3, 0.4) is 0 Å². The molecule has 0 aromatic heterocycles. The Balaban J connectivity index is 1.96. The molecule has 1 saturated heterocycles. The van der Waals surface area contributed by atoms with E-state index in [0.29, 0.717) is 5.92 Å². The van der Waals surface area contributed by atoms with E-state index in [1.165, 1.54) is 25.7 Å². The van der Waals surface area contributed by atoms with Crippen molar-refractivity contribution in [3.8, 4) is 0 Å². The average molecular weight is 352 g/mol. The van der Waals surface area contributed by atoms with Crippen molar-refractivity contribution in [1.29, 1.82) is 0 Å². The molecule has 0 radical (unpaired) electrons. The van der Waals surface area contributed by atoms with E-state index in [9.17, 15) is 0 Å². The zero-order valence-electron chi connectivity index (χ0n) is 11.5. The Labute approximate surface area is 119 Å². The molecule has 0 bridgehead atoms. The number of rotatable bonds is 1. The van der Waals surface area contributed by atoms with Gasteiger partial charge in [-0.25, -0.2) is 0 Å². The van der Waals surface area contributed by atoms with Gasteiger partial charge in [0.15, 0.2) is 6.29 Å². The molecule has 1 atom stereocenters. The van der Waals surface area contributed by atoms with Gasteiger partial charge in [0, 0.05) is 15.3 Å². The first-order chi connectivity index (χ1) is 7.82. The summed E-state index contributed by atoms with van der Waals surface area (Å²) in [6.45, 7) is 9.67. The fourth-order valence-electron chi connectivity index (χ4n) is 2.53. The Hall–Kier alpha value is 0.650. The summed E-state index contributed by atoms with van der Waals surface area (Å²) in [5.74, 6) is 0.608. The van der Waals surface area contributed by atoms with E-state index in [0.717, 1.165) is 10.5 Å². The van der Waals surface area contributed by atoms with Crippen LogP contribution in [0, 0.1) is 11.3 Å². The van der Waals surface area contributed by atoms with E-state index in [-0.39, 0.29) is 17.3 Å². The highest BCUT2D eigenvalue weighted by molar-refractivity contribution is 14.1. The number of hydrogen-bond acceptors (Lipinski definition) is 2. The molecule has 1 unspecified atom stereocenters. The number of ether oxygens (including phenoxy) is 2. The highest BCUT2D eigenvalue weighted by Gasteiger charge is 2.46. The van der Waals surface area contributed by atoms with E-state index in [1.807, 2.05) is 0 Å². The molecule has 0 spiro atoms. The van der Waals surface area contributed by atoms with E-state index in [2.05, 4.69) is 50.3 Å². The second-order valence-electron chi connectivity index (χ2n) is 6.70. The smallest absolute Gasteiger partial charge is 0.161 e. The third-order valence-electron chi connectivity index (χ3n) is 4.74. The summed E-state index contributed by atoms with van der Waals surface area (Å²) in [6.07, 6.45) is 5.18. The Bertz CT molecular complexity index is 267. The Morgan fingerprint density at radius 2 is 1.59 bits per heavy atom. The SMILES string of the molecule is CC1(C)COC(C2CCC(I)CC2)OC1(C)C. The molecule has 0 aromatic carbocycles. The van der Waals surface area contributed by atoms with Crippen molar-refractivity contribution in [2.75, 3.05) is 6.61 Å². The predicted molar refractivity (Wildman–Crippen MR) is 78.5 cm³/mol. The second kappa shape index (κ2) is 4.97. The van der Waals surface area contributed by atoms with Crippen LogP contribution >= 0.6 is 22.6 Å². The van der Waals surface area contributed by atoms with Crippen LogP contribution in [0.5, 0.6) is 0 Å². The van der Waals surface area contributed by atoms with Gasteiger partial charge in [-0.15, -0.1) is 0 Å². The number of alkyl halides is 1. The van der Waals surface area contributed by atoms with Crippen LogP contribution in [0.15, 0.2) is 0 Å². The van der Waals surface area contributed by atoms with Crippen LogP contribution in [0.2, 0.25) is 0 Å². The lowest BCUT2D eigenvalue weighted by atomic mass is 9.76. The minimum Gasteiger partial charge on any atom is -0.352 e. The summed E-state index contributed by atoms with van der Waals surface area (Å²) in [4.78, 5) is 0. The quantitative estimate of drug-likeness (QED) is 0.521. The van der Waals surface area contributed by atoms with Crippen LogP contribution in [0.25, 0.3) is 0 Å². The summed E-state index contributed by atoms with van der Waals surface area (Å²) in [6, 6.07) is 0. The molecule has 2 rings (SSSR count). The third-order valence-corrected chi connectivity index (χ3v) is 5.98. The van der Waals surface area contributed by atoms with Gasteiger partial charge in [-0.3, -0.25) is 0 Å². The number of hydrogen-bond donors (Lipinski definition) is 0. The Morgan fingerprint density at radius 3 is 2.12 bits per heavy atom. The van der Waals surface area contributed by atoms with Crippen molar-refractivity contribution in [2.24, 2.45) is 11.3 Å². The van der Waals surface area contributed by atoms with Crippen molar-refractivity contribution < 1.29 is 9.47 Å². The van der Waals surface area contributed by atoms with Crippen molar-refractivity contribution in [3.63, 3.8) is 0 Å². The van der Waals surface area contributed by atoms with Crippen molar-refractivity contribution >= 4 is 22.6 Å². The zero-order valence-corrected chi connectivity index (χ0v) is 13.6. The van der Waals surface area contributed by atoms with Gasteiger partial charge in [-0.2, -0.15) is 0 Å². The maximum Gasteiger partial charge on any atom is 0.161 e. The maximum absolute atomic E-state index is 6.24. The molecule has 1 saturated carbocycles. The van der Waals surface area contributed by atoms with Crippen LogP contribution in [0.1, 0.15) is 53.4 Å². The largest absolute Gasteiger partial charge is 0.352 e. The highest BCUT2D eigenvalue weighted by Crippen LogP contribution is 2.43. The van der Waals surface area contributed by atoms with E-state index in [4.69, 9.17) is 9.47 Å². The molecule has 0 amide bonds. The van der Waals surface area contributed by atoms with Gasteiger partial charge >= 0.3 is 0 Å². The molecule has 2 nitrogen and oxygen atoms in total. The molecule has 1 aliphatic heterocycles. The van der Waals surface area contributed by atoms with Gasteiger partial charge in [0.25, 0.3) is 0 Å². The summed E-state index contributed by atoms with van der Waals surface area (Å²) < 4.78 is 13.1. The topological polar surface area (TPSA) is 18.5 Å². The molecule has 0 N–H and O–H groups in total. The summed E-state index contributed by atoms with van der Waals surface area (Å²) in [5, 5.41) is 0. The Morgan fingerprint density at radius 1 is 1.00 bits per heavy atom. The molecule has 1 heterocycles.